The Morgan fingerprint density at radius 2 is 1.82 bits per heavy atom. The monoisotopic (exact) mass is 496 g/mol. The minimum atomic E-state index is -0.449. The van der Waals surface area contributed by atoms with E-state index >= 15 is 0 Å². The fraction of sp³-hybridized carbons (Fsp3) is 0.0714. The van der Waals surface area contributed by atoms with Crippen molar-refractivity contribution in [1.29, 1.82) is 5.26 Å². The van der Waals surface area contributed by atoms with E-state index in [-0.39, 0.29) is 5.57 Å². The van der Waals surface area contributed by atoms with Gasteiger partial charge in [-0.25, -0.2) is 0 Å². The molecule has 162 valence electrons. The lowest BCUT2D eigenvalue weighted by Crippen LogP contribution is -2.13. The predicted octanol–water partition coefficient (Wildman–Crippen LogP) is 7.04. The van der Waals surface area contributed by atoms with E-state index in [2.05, 4.69) is 45.5 Å². The molecule has 4 rings (SSSR count). The number of anilines is 1. The van der Waals surface area contributed by atoms with Crippen molar-refractivity contribution in [2.24, 2.45) is 0 Å². The van der Waals surface area contributed by atoms with Gasteiger partial charge in [0.1, 0.15) is 24.0 Å². The van der Waals surface area contributed by atoms with E-state index in [0.717, 1.165) is 26.5 Å². The van der Waals surface area contributed by atoms with Crippen molar-refractivity contribution in [2.75, 3.05) is 5.32 Å². The van der Waals surface area contributed by atoms with Crippen molar-refractivity contribution in [3.63, 3.8) is 0 Å². The van der Waals surface area contributed by atoms with Crippen LogP contribution < -0.4 is 10.1 Å². The van der Waals surface area contributed by atoms with Crippen LogP contribution in [0.4, 0.5) is 5.69 Å². The molecule has 0 aliphatic carbocycles. The predicted molar refractivity (Wildman–Crippen MR) is 136 cm³/mol. The molecule has 0 atom stereocenters. The summed E-state index contributed by atoms with van der Waals surface area (Å²) in [6.07, 6.45) is 1.56. The Hall–Kier alpha value is -3.88. The van der Waals surface area contributed by atoms with Crippen LogP contribution in [0.15, 0.2) is 95.0 Å². The van der Waals surface area contributed by atoms with Crippen molar-refractivity contribution >= 4 is 44.4 Å². The van der Waals surface area contributed by atoms with E-state index in [1.54, 1.807) is 12.1 Å². The number of nitriles is 1. The summed E-state index contributed by atoms with van der Waals surface area (Å²) in [7, 11) is 0. The minimum absolute atomic E-state index is 0.0211. The number of nitrogens with one attached hydrogen (secondary N) is 1. The molecule has 33 heavy (non-hydrogen) atoms. The van der Waals surface area contributed by atoms with Gasteiger partial charge in [-0.15, -0.1) is 0 Å². The zero-order chi connectivity index (χ0) is 23.2. The lowest BCUT2D eigenvalue weighted by atomic mass is 10.1. The smallest absolute Gasteiger partial charge is 0.266 e. The highest BCUT2D eigenvalue weighted by Gasteiger charge is 2.11. The Morgan fingerprint density at radius 3 is 2.61 bits per heavy atom. The molecule has 0 unspecified atom stereocenters. The molecular formula is C28H21BrN2O2. The molecule has 0 saturated carbocycles. The first-order chi connectivity index (χ1) is 16.0. The molecule has 0 heterocycles. The Balaban J connectivity index is 1.48. The number of nitrogens with zero attached hydrogens (tertiary/aromatic N) is 1. The van der Waals surface area contributed by atoms with Crippen LogP contribution in [0, 0.1) is 18.3 Å². The number of aryl methyl sites for hydroxylation is 1. The minimum Gasteiger partial charge on any atom is -0.488 e. The molecule has 1 N–H and O–H groups in total. The van der Waals surface area contributed by atoms with Crippen LogP contribution in [0.3, 0.4) is 0 Å². The number of hydrogen-bond acceptors (Lipinski definition) is 3. The number of benzene rings is 4. The second-order valence-electron chi connectivity index (χ2n) is 7.61. The third kappa shape index (κ3) is 5.49. The first-order valence-electron chi connectivity index (χ1n) is 10.4. The first kappa shape index (κ1) is 22.3. The molecule has 0 radical (unpaired) electrons. The average Bonchev–Trinajstić information content (AvgIpc) is 2.82. The molecule has 4 aromatic rings. The number of carbonyl (C=O) groups is 1. The van der Waals surface area contributed by atoms with Crippen LogP contribution >= 0.6 is 15.9 Å². The zero-order valence-corrected chi connectivity index (χ0v) is 19.6. The summed E-state index contributed by atoms with van der Waals surface area (Å²) < 4.78 is 6.79. The third-order valence-electron chi connectivity index (χ3n) is 5.17. The molecule has 0 fully saturated rings. The highest BCUT2D eigenvalue weighted by atomic mass is 79.9. The van der Waals surface area contributed by atoms with Crippen LogP contribution in [-0.2, 0) is 11.4 Å². The van der Waals surface area contributed by atoms with E-state index in [4.69, 9.17) is 4.74 Å². The summed E-state index contributed by atoms with van der Waals surface area (Å²) in [6.45, 7) is 2.37. The quantitative estimate of drug-likeness (QED) is 0.230. The standard InChI is InChI=1S/C28H21BrN2O2/c1-19-6-4-10-24(14-19)31-28(32)23(17-30)15-20-12-13-27(26(29)16-20)33-18-22-9-5-8-21-7-2-3-11-25(21)22/h2-16H,18H2,1H3,(H,31,32)/b23-15-. The maximum atomic E-state index is 12.5. The largest absolute Gasteiger partial charge is 0.488 e. The third-order valence-corrected chi connectivity index (χ3v) is 5.79. The van der Waals surface area contributed by atoms with Crippen LogP contribution in [-0.4, -0.2) is 5.91 Å². The number of halogens is 1. The van der Waals surface area contributed by atoms with Gasteiger partial charge in [-0.3, -0.25) is 4.79 Å². The van der Waals surface area contributed by atoms with Gasteiger partial charge in [0.15, 0.2) is 0 Å². The molecule has 0 aliphatic rings. The SMILES string of the molecule is Cc1cccc(NC(=O)/C(C#N)=C\c2ccc(OCc3cccc4ccccc34)c(Br)c2)c1. The van der Waals surface area contributed by atoms with E-state index in [9.17, 15) is 10.1 Å². The zero-order valence-electron chi connectivity index (χ0n) is 18.0. The normalized spacial score (nSPS) is 11.1. The molecule has 5 heteroatoms. The van der Waals surface area contributed by atoms with Gasteiger partial charge in [-0.2, -0.15) is 5.26 Å². The van der Waals surface area contributed by atoms with Gasteiger partial charge in [0.2, 0.25) is 0 Å². The maximum Gasteiger partial charge on any atom is 0.266 e. The molecule has 4 aromatic carbocycles. The molecule has 0 aliphatic heterocycles. The van der Waals surface area contributed by atoms with Gasteiger partial charge in [-0.05, 0) is 80.7 Å². The van der Waals surface area contributed by atoms with Gasteiger partial charge in [0.25, 0.3) is 5.91 Å². The van der Waals surface area contributed by atoms with Crippen LogP contribution in [0.25, 0.3) is 16.8 Å². The topological polar surface area (TPSA) is 62.1 Å². The summed E-state index contributed by atoms with van der Waals surface area (Å²) in [5.41, 5.74) is 3.52. The second kappa shape index (κ2) is 10.2. The molecular weight excluding hydrogens is 476 g/mol. The second-order valence-corrected chi connectivity index (χ2v) is 8.46. The lowest BCUT2D eigenvalue weighted by molar-refractivity contribution is -0.112. The van der Waals surface area contributed by atoms with E-state index < -0.39 is 5.91 Å². The highest BCUT2D eigenvalue weighted by molar-refractivity contribution is 9.10. The Labute approximate surface area is 201 Å². The van der Waals surface area contributed by atoms with Crippen molar-refractivity contribution in [1.82, 2.24) is 0 Å². The fourth-order valence-corrected chi connectivity index (χ4v) is 4.05. The van der Waals surface area contributed by atoms with E-state index in [1.165, 1.54) is 5.39 Å². The number of fused-ring (bicyclic) bond motifs is 1. The number of hydrogen-bond donors (Lipinski definition) is 1. The Kier molecular flexibility index (Phi) is 6.87. The van der Waals surface area contributed by atoms with Gasteiger partial charge in [-0.1, -0.05) is 60.7 Å². The summed E-state index contributed by atoms with van der Waals surface area (Å²) in [5.74, 6) is 0.235. The molecule has 4 nitrogen and oxygen atoms in total. The number of rotatable bonds is 6. The fourth-order valence-electron chi connectivity index (χ4n) is 3.53. The maximum absolute atomic E-state index is 12.5. The lowest BCUT2D eigenvalue weighted by Gasteiger charge is -2.11. The molecule has 0 spiro atoms. The number of amides is 1. The van der Waals surface area contributed by atoms with Crippen LogP contribution in [0.1, 0.15) is 16.7 Å². The highest BCUT2D eigenvalue weighted by Crippen LogP contribution is 2.29. The van der Waals surface area contributed by atoms with Crippen molar-refractivity contribution in [3.05, 3.63) is 112 Å². The van der Waals surface area contributed by atoms with Crippen molar-refractivity contribution < 1.29 is 9.53 Å². The molecule has 0 saturated heterocycles. The summed E-state index contributed by atoms with van der Waals surface area (Å²) in [6, 6.07) is 29.3. The molecule has 0 aromatic heterocycles. The first-order valence-corrected chi connectivity index (χ1v) is 11.2. The Bertz CT molecular complexity index is 1400. The molecule has 1 amide bonds. The van der Waals surface area contributed by atoms with Crippen LogP contribution in [0.5, 0.6) is 5.75 Å². The van der Waals surface area contributed by atoms with E-state index in [1.807, 2.05) is 67.6 Å². The summed E-state index contributed by atoms with van der Waals surface area (Å²) >= 11 is 3.54. The van der Waals surface area contributed by atoms with Gasteiger partial charge >= 0.3 is 0 Å². The number of ether oxygens (including phenoxy) is 1. The number of carbonyl (C=O) groups excluding carboxylic acids is 1. The van der Waals surface area contributed by atoms with Gasteiger partial charge in [0.05, 0.1) is 4.47 Å². The molecule has 0 bridgehead atoms. The van der Waals surface area contributed by atoms with Crippen molar-refractivity contribution in [3.8, 4) is 11.8 Å². The van der Waals surface area contributed by atoms with E-state index in [0.29, 0.717) is 18.0 Å². The summed E-state index contributed by atoms with van der Waals surface area (Å²) in [5, 5.41) is 14.6. The van der Waals surface area contributed by atoms with Crippen molar-refractivity contribution in [2.45, 2.75) is 13.5 Å². The van der Waals surface area contributed by atoms with Crippen LogP contribution in [0.2, 0.25) is 0 Å². The average molecular weight is 497 g/mol. The van der Waals surface area contributed by atoms with Gasteiger partial charge in [0, 0.05) is 5.69 Å². The van der Waals surface area contributed by atoms with Gasteiger partial charge < -0.3 is 10.1 Å². The Morgan fingerprint density at radius 1 is 1.03 bits per heavy atom. The summed E-state index contributed by atoms with van der Waals surface area (Å²) in [4.78, 5) is 12.5.